The molecule has 2 aromatic carbocycles. The number of amides is 2. The van der Waals surface area contributed by atoms with E-state index in [1.807, 2.05) is 30.3 Å². The average Bonchev–Trinajstić information content (AvgIpc) is 2.78. The van der Waals surface area contributed by atoms with Crippen molar-refractivity contribution in [2.24, 2.45) is 0 Å². The van der Waals surface area contributed by atoms with Crippen molar-refractivity contribution in [2.75, 3.05) is 20.1 Å². The highest BCUT2D eigenvalue weighted by Gasteiger charge is 2.32. The lowest BCUT2D eigenvalue weighted by atomic mass is 10.0. The summed E-state index contributed by atoms with van der Waals surface area (Å²) in [5.41, 5.74) is 4.31. The van der Waals surface area contributed by atoms with Crippen LogP contribution < -0.4 is 5.32 Å². The summed E-state index contributed by atoms with van der Waals surface area (Å²) in [5, 5.41) is 3.96. The molecule has 1 aliphatic rings. The number of benzene rings is 2. The van der Waals surface area contributed by atoms with Gasteiger partial charge < -0.3 is 10.2 Å². The van der Waals surface area contributed by atoms with Gasteiger partial charge in [0.05, 0.1) is 18.0 Å². The van der Waals surface area contributed by atoms with Crippen molar-refractivity contribution in [1.82, 2.24) is 20.1 Å². The fourth-order valence-corrected chi connectivity index (χ4v) is 4.07. The Morgan fingerprint density at radius 3 is 2.77 bits per heavy atom. The molecule has 1 fully saturated rings. The fraction of sp³-hybridized carbons (Fsp3) is 0.320. The molecule has 0 saturated carbocycles. The van der Waals surface area contributed by atoms with E-state index in [4.69, 9.17) is 0 Å². The van der Waals surface area contributed by atoms with Gasteiger partial charge in [-0.3, -0.25) is 19.5 Å². The number of nitrogens with one attached hydrogen (secondary N) is 1. The maximum Gasteiger partial charge on any atom is 0.237 e. The second-order valence-electron chi connectivity index (χ2n) is 8.20. The van der Waals surface area contributed by atoms with Gasteiger partial charge in [-0.1, -0.05) is 48.0 Å². The van der Waals surface area contributed by atoms with E-state index in [1.54, 1.807) is 18.1 Å². The van der Waals surface area contributed by atoms with Crippen molar-refractivity contribution in [3.63, 3.8) is 0 Å². The van der Waals surface area contributed by atoms with Gasteiger partial charge in [-0.25, -0.2) is 0 Å². The fourth-order valence-electron chi connectivity index (χ4n) is 4.07. The average molecular weight is 417 g/mol. The van der Waals surface area contributed by atoms with Crippen LogP contribution >= 0.6 is 0 Å². The van der Waals surface area contributed by atoms with E-state index in [2.05, 4.69) is 46.4 Å². The molecule has 160 valence electrons. The summed E-state index contributed by atoms with van der Waals surface area (Å²) >= 11 is 0. The number of aromatic nitrogens is 1. The summed E-state index contributed by atoms with van der Waals surface area (Å²) in [6.07, 6.45) is 1.93. The van der Waals surface area contributed by atoms with Crippen LogP contribution in [0.1, 0.15) is 23.1 Å². The summed E-state index contributed by atoms with van der Waals surface area (Å²) in [5.74, 6) is -0.119. The van der Waals surface area contributed by atoms with Crippen LogP contribution in [-0.4, -0.2) is 52.8 Å². The van der Waals surface area contributed by atoms with Gasteiger partial charge in [0, 0.05) is 44.8 Å². The van der Waals surface area contributed by atoms with Crippen LogP contribution in [-0.2, 0) is 22.7 Å². The molecule has 3 aromatic rings. The molecule has 0 radical (unpaired) electrons. The van der Waals surface area contributed by atoms with Gasteiger partial charge in [0.25, 0.3) is 0 Å². The predicted molar refractivity (Wildman–Crippen MR) is 121 cm³/mol. The van der Waals surface area contributed by atoms with Crippen molar-refractivity contribution in [3.05, 3.63) is 77.5 Å². The quantitative estimate of drug-likeness (QED) is 0.671. The number of fused-ring (bicyclic) bond motifs is 1. The zero-order valence-electron chi connectivity index (χ0n) is 18.0. The van der Waals surface area contributed by atoms with E-state index in [0.29, 0.717) is 19.6 Å². The van der Waals surface area contributed by atoms with Gasteiger partial charge in [0.1, 0.15) is 0 Å². The summed E-state index contributed by atoms with van der Waals surface area (Å²) < 4.78 is 0. The topological polar surface area (TPSA) is 65.5 Å². The van der Waals surface area contributed by atoms with Crippen molar-refractivity contribution >= 4 is 22.7 Å². The lowest BCUT2D eigenvalue weighted by Crippen LogP contribution is -2.56. The molecule has 1 N–H and O–H groups in total. The zero-order chi connectivity index (χ0) is 21.8. The van der Waals surface area contributed by atoms with E-state index >= 15 is 0 Å². The number of pyridine rings is 1. The van der Waals surface area contributed by atoms with Gasteiger partial charge in [-0.2, -0.15) is 0 Å². The van der Waals surface area contributed by atoms with E-state index in [0.717, 1.165) is 28.6 Å². The minimum Gasteiger partial charge on any atom is -0.353 e. The summed E-state index contributed by atoms with van der Waals surface area (Å²) in [6, 6.07) is 17.7. The first-order valence-corrected chi connectivity index (χ1v) is 10.6. The van der Waals surface area contributed by atoms with Crippen LogP contribution in [0.4, 0.5) is 0 Å². The summed E-state index contributed by atoms with van der Waals surface area (Å²) in [7, 11) is 1.79. The highest BCUT2D eigenvalue weighted by atomic mass is 16.2. The lowest BCUT2D eigenvalue weighted by Gasteiger charge is -2.35. The largest absolute Gasteiger partial charge is 0.353 e. The Balaban J connectivity index is 1.45. The van der Waals surface area contributed by atoms with Gasteiger partial charge >= 0.3 is 0 Å². The molecule has 2 amide bonds. The standard InChI is InChI=1S/C25H28N4O2/c1-18-8-10-19(11-9-18)16-29-14-13-27-25(31)23(29)15-24(30)28(2)17-20-5-3-7-22-21(20)6-4-12-26-22/h3-12,23H,13-17H2,1-2H3,(H,27,31). The van der Waals surface area contributed by atoms with E-state index in [-0.39, 0.29) is 18.2 Å². The molecule has 6 heteroatoms. The summed E-state index contributed by atoms with van der Waals surface area (Å²) in [4.78, 5) is 33.9. The Morgan fingerprint density at radius 2 is 1.97 bits per heavy atom. The monoisotopic (exact) mass is 416 g/mol. The highest BCUT2D eigenvalue weighted by Crippen LogP contribution is 2.20. The molecule has 31 heavy (non-hydrogen) atoms. The number of aryl methyl sites for hydroxylation is 1. The number of carbonyl (C=O) groups is 2. The molecule has 6 nitrogen and oxygen atoms in total. The number of rotatable bonds is 6. The summed E-state index contributed by atoms with van der Waals surface area (Å²) in [6.45, 7) is 4.53. The van der Waals surface area contributed by atoms with Crippen molar-refractivity contribution in [1.29, 1.82) is 0 Å². The normalized spacial score (nSPS) is 16.8. The highest BCUT2D eigenvalue weighted by molar-refractivity contribution is 5.89. The number of nitrogens with zero attached hydrogens (tertiary/aromatic N) is 3. The Labute approximate surface area is 182 Å². The Bertz CT molecular complexity index is 1080. The number of carbonyl (C=O) groups excluding carboxylic acids is 2. The minimum atomic E-state index is -0.459. The Hall–Kier alpha value is -3.25. The van der Waals surface area contributed by atoms with Gasteiger partial charge in [-0.15, -0.1) is 0 Å². The van der Waals surface area contributed by atoms with Crippen LogP contribution in [0.25, 0.3) is 10.9 Å². The first kappa shape index (κ1) is 21.0. The Morgan fingerprint density at radius 1 is 1.16 bits per heavy atom. The first-order chi connectivity index (χ1) is 15.0. The molecular formula is C25H28N4O2. The molecule has 1 saturated heterocycles. The molecule has 1 aromatic heterocycles. The van der Waals surface area contributed by atoms with Crippen molar-refractivity contribution in [2.45, 2.75) is 32.5 Å². The van der Waals surface area contributed by atoms with Crippen LogP contribution in [0.5, 0.6) is 0 Å². The van der Waals surface area contributed by atoms with Gasteiger partial charge in [0.2, 0.25) is 11.8 Å². The maximum atomic E-state index is 13.0. The second-order valence-corrected chi connectivity index (χ2v) is 8.20. The van der Waals surface area contributed by atoms with Gasteiger partial charge in [-0.05, 0) is 30.2 Å². The van der Waals surface area contributed by atoms with Crippen molar-refractivity contribution in [3.8, 4) is 0 Å². The lowest BCUT2D eigenvalue weighted by molar-refractivity contribution is -0.138. The van der Waals surface area contributed by atoms with E-state index in [1.165, 1.54) is 5.56 Å². The van der Waals surface area contributed by atoms with Gasteiger partial charge in [0.15, 0.2) is 0 Å². The first-order valence-electron chi connectivity index (χ1n) is 10.6. The molecule has 0 aliphatic carbocycles. The van der Waals surface area contributed by atoms with Crippen LogP contribution in [0.15, 0.2) is 60.8 Å². The molecule has 1 atom stereocenters. The molecule has 0 spiro atoms. The molecule has 1 unspecified atom stereocenters. The third-order valence-electron chi connectivity index (χ3n) is 5.89. The van der Waals surface area contributed by atoms with E-state index < -0.39 is 6.04 Å². The second kappa shape index (κ2) is 9.27. The van der Waals surface area contributed by atoms with Crippen LogP contribution in [0, 0.1) is 6.92 Å². The Kier molecular flexibility index (Phi) is 6.28. The van der Waals surface area contributed by atoms with E-state index in [9.17, 15) is 9.59 Å². The predicted octanol–water partition coefficient (Wildman–Crippen LogP) is 2.89. The molecule has 0 bridgehead atoms. The maximum absolute atomic E-state index is 13.0. The number of piperazine rings is 1. The SMILES string of the molecule is Cc1ccc(CN2CCNC(=O)C2CC(=O)N(C)Cc2cccc3ncccc23)cc1. The number of hydrogen-bond acceptors (Lipinski definition) is 4. The molecular weight excluding hydrogens is 388 g/mol. The minimum absolute atomic E-state index is 0.0446. The van der Waals surface area contributed by atoms with Crippen molar-refractivity contribution < 1.29 is 9.59 Å². The zero-order valence-corrected chi connectivity index (χ0v) is 18.0. The number of hydrogen-bond donors (Lipinski definition) is 1. The van der Waals surface area contributed by atoms with Crippen LogP contribution in [0.3, 0.4) is 0 Å². The third-order valence-corrected chi connectivity index (χ3v) is 5.89. The third kappa shape index (κ3) is 4.91. The van der Waals surface area contributed by atoms with Crippen LogP contribution in [0.2, 0.25) is 0 Å². The molecule has 1 aliphatic heterocycles. The smallest absolute Gasteiger partial charge is 0.237 e. The molecule has 2 heterocycles. The molecule has 4 rings (SSSR count).